The fourth-order valence-electron chi connectivity index (χ4n) is 2.96. The van der Waals surface area contributed by atoms with E-state index in [2.05, 4.69) is 19.2 Å². The molecule has 1 N–H and O–H groups in total. The molecule has 0 fully saturated rings. The van der Waals surface area contributed by atoms with Crippen LogP contribution in [0.25, 0.3) is 10.8 Å². The van der Waals surface area contributed by atoms with E-state index in [1.54, 1.807) is 7.11 Å². The number of anilines is 1. The Balaban J connectivity index is 2.36. The molecule has 130 valence electrons. The van der Waals surface area contributed by atoms with Gasteiger partial charge in [-0.05, 0) is 38.3 Å². The second-order valence-corrected chi connectivity index (χ2v) is 6.58. The van der Waals surface area contributed by atoms with E-state index in [-0.39, 0.29) is 5.91 Å². The number of carbonyl (C=O) groups is 1. The second kappa shape index (κ2) is 7.67. The predicted octanol–water partition coefficient (Wildman–Crippen LogP) is 4.63. The lowest BCUT2D eigenvalue weighted by Crippen LogP contribution is -2.43. The van der Waals surface area contributed by atoms with E-state index in [0.29, 0.717) is 18.9 Å². The van der Waals surface area contributed by atoms with Crippen molar-refractivity contribution in [2.75, 3.05) is 19.0 Å². The maximum atomic E-state index is 12.8. The van der Waals surface area contributed by atoms with Gasteiger partial charge in [-0.25, -0.2) is 0 Å². The lowest BCUT2D eigenvalue weighted by molar-refractivity contribution is -0.137. The number of ether oxygens (including phenoxy) is 2. The predicted molar refractivity (Wildman–Crippen MR) is 98.6 cm³/mol. The summed E-state index contributed by atoms with van der Waals surface area (Å²) in [4.78, 5) is 12.8. The summed E-state index contributed by atoms with van der Waals surface area (Å²) in [5.74, 6) is 1.05. The number of carbonyl (C=O) groups excluding carboxylic acids is 1. The Morgan fingerprint density at radius 2 is 1.83 bits per heavy atom. The van der Waals surface area contributed by atoms with Crippen molar-refractivity contribution in [3.63, 3.8) is 0 Å². The molecule has 0 spiro atoms. The third-order valence-electron chi connectivity index (χ3n) is 4.16. The van der Waals surface area contributed by atoms with Gasteiger partial charge in [-0.15, -0.1) is 0 Å². The fraction of sp³-hybridized carbons (Fsp3) is 0.450. The van der Waals surface area contributed by atoms with E-state index >= 15 is 0 Å². The zero-order valence-corrected chi connectivity index (χ0v) is 15.2. The summed E-state index contributed by atoms with van der Waals surface area (Å²) in [6.07, 6.45) is 0.657. The highest BCUT2D eigenvalue weighted by Gasteiger charge is 2.34. The highest BCUT2D eigenvalue weighted by atomic mass is 16.5. The molecule has 2 aromatic rings. The van der Waals surface area contributed by atoms with Crippen molar-refractivity contribution in [1.29, 1.82) is 0 Å². The van der Waals surface area contributed by atoms with Crippen LogP contribution in [0.15, 0.2) is 36.4 Å². The van der Waals surface area contributed by atoms with Crippen LogP contribution < -0.4 is 10.1 Å². The lowest BCUT2D eigenvalue weighted by atomic mass is 9.93. The molecule has 0 saturated heterocycles. The molecule has 1 atom stereocenters. The van der Waals surface area contributed by atoms with Gasteiger partial charge in [-0.1, -0.05) is 38.1 Å². The van der Waals surface area contributed by atoms with Gasteiger partial charge in [0.05, 0.1) is 6.61 Å². The van der Waals surface area contributed by atoms with Crippen LogP contribution in [0.1, 0.15) is 34.1 Å². The molecule has 0 aromatic heterocycles. The summed E-state index contributed by atoms with van der Waals surface area (Å²) in [5, 5.41) is 4.98. The van der Waals surface area contributed by atoms with Crippen molar-refractivity contribution in [2.45, 2.75) is 39.7 Å². The summed E-state index contributed by atoms with van der Waals surface area (Å²) < 4.78 is 11.2. The molecule has 0 aliphatic rings. The Labute approximate surface area is 144 Å². The summed E-state index contributed by atoms with van der Waals surface area (Å²) in [5.41, 5.74) is -0.0838. The molecule has 1 amide bonds. The van der Waals surface area contributed by atoms with Gasteiger partial charge in [0, 0.05) is 23.6 Å². The summed E-state index contributed by atoms with van der Waals surface area (Å²) >= 11 is 0. The fourth-order valence-corrected chi connectivity index (χ4v) is 2.96. The first-order valence-corrected chi connectivity index (χ1v) is 8.42. The summed E-state index contributed by atoms with van der Waals surface area (Å²) in [6.45, 7) is 8.55. The van der Waals surface area contributed by atoms with Gasteiger partial charge in [0.25, 0.3) is 5.91 Å². The van der Waals surface area contributed by atoms with Crippen molar-refractivity contribution in [3.8, 4) is 5.75 Å². The van der Waals surface area contributed by atoms with Crippen molar-refractivity contribution in [1.82, 2.24) is 0 Å². The molecule has 0 bridgehead atoms. The number of nitrogens with one attached hydrogen (secondary N) is 1. The summed E-state index contributed by atoms with van der Waals surface area (Å²) in [6, 6.07) is 11.7. The normalized spacial score (nSPS) is 13.8. The van der Waals surface area contributed by atoms with Crippen LogP contribution in [0.2, 0.25) is 0 Å². The molecule has 1 unspecified atom stereocenters. The standard InChI is InChI=1S/C20H27NO3/c1-6-24-18-12-11-17(15-9-7-8-10-16(15)18)21-19(22)20(4,23-5)13-14(2)3/h7-12,14H,6,13H2,1-5H3,(H,21,22). The first-order valence-electron chi connectivity index (χ1n) is 8.42. The monoisotopic (exact) mass is 329 g/mol. The van der Waals surface area contributed by atoms with Gasteiger partial charge >= 0.3 is 0 Å². The number of rotatable bonds is 7. The zero-order chi connectivity index (χ0) is 17.7. The number of hydrogen-bond acceptors (Lipinski definition) is 3. The van der Waals surface area contributed by atoms with Crippen LogP contribution in [-0.2, 0) is 9.53 Å². The van der Waals surface area contributed by atoms with Crippen molar-refractivity contribution in [3.05, 3.63) is 36.4 Å². The Hall–Kier alpha value is -2.07. The number of amides is 1. The van der Waals surface area contributed by atoms with Crippen molar-refractivity contribution < 1.29 is 14.3 Å². The number of methoxy groups -OCH3 is 1. The van der Waals surface area contributed by atoms with Gasteiger partial charge < -0.3 is 14.8 Å². The number of hydrogen-bond donors (Lipinski definition) is 1. The minimum atomic E-state index is -0.853. The van der Waals surface area contributed by atoms with Gasteiger partial charge in [-0.3, -0.25) is 4.79 Å². The highest BCUT2D eigenvalue weighted by Crippen LogP contribution is 2.32. The third kappa shape index (κ3) is 3.88. The molecule has 4 nitrogen and oxygen atoms in total. The number of fused-ring (bicyclic) bond motifs is 1. The first kappa shape index (κ1) is 18.3. The van der Waals surface area contributed by atoms with E-state index in [0.717, 1.165) is 22.2 Å². The molecule has 0 aliphatic carbocycles. The molecular weight excluding hydrogens is 302 g/mol. The highest BCUT2D eigenvalue weighted by molar-refractivity contribution is 6.06. The van der Waals surface area contributed by atoms with E-state index in [1.807, 2.05) is 50.2 Å². The summed E-state index contributed by atoms with van der Waals surface area (Å²) in [7, 11) is 1.58. The average molecular weight is 329 g/mol. The molecular formula is C20H27NO3. The Bertz CT molecular complexity index is 711. The average Bonchev–Trinajstić information content (AvgIpc) is 2.56. The molecule has 0 saturated carbocycles. The molecule has 0 heterocycles. The third-order valence-corrected chi connectivity index (χ3v) is 4.16. The largest absolute Gasteiger partial charge is 0.493 e. The second-order valence-electron chi connectivity index (χ2n) is 6.58. The van der Waals surface area contributed by atoms with Crippen molar-refractivity contribution >= 4 is 22.4 Å². The Morgan fingerprint density at radius 3 is 2.42 bits per heavy atom. The van der Waals surface area contributed by atoms with Crippen LogP contribution in [0.4, 0.5) is 5.69 Å². The van der Waals surface area contributed by atoms with Gasteiger partial charge in [-0.2, -0.15) is 0 Å². The van der Waals surface area contributed by atoms with Gasteiger partial charge in [0.1, 0.15) is 11.4 Å². The van der Waals surface area contributed by atoms with E-state index < -0.39 is 5.60 Å². The smallest absolute Gasteiger partial charge is 0.256 e. The van der Waals surface area contributed by atoms with Gasteiger partial charge in [0.2, 0.25) is 0 Å². The van der Waals surface area contributed by atoms with Crippen molar-refractivity contribution in [2.24, 2.45) is 5.92 Å². The zero-order valence-electron chi connectivity index (χ0n) is 15.2. The van der Waals surface area contributed by atoms with Crippen LogP contribution in [0.5, 0.6) is 5.75 Å². The SMILES string of the molecule is CCOc1ccc(NC(=O)C(C)(CC(C)C)OC)c2ccccc12. The van der Waals surface area contributed by atoms with Crippen LogP contribution >= 0.6 is 0 Å². The molecule has 24 heavy (non-hydrogen) atoms. The number of benzene rings is 2. The maximum Gasteiger partial charge on any atom is 0.256 e. The molecule has 4 heteroatoms. The first-order chi connectivity index (χ1) is 11.4. The maximum absolute atomic E-state index is 12.8. The van der Waals surface area contributed by atoms with E-state index in [9.17, 15) is 4.79 Å². The molecule has 0 aliphatic heterocycles. The Morgan fingerprint density at radius 1 is 1.17 bits per heavy atom. The van der Waals surface area contributed by atoms with E-state index in [4.69, 9.17) is 9.47 Å². The van der Waals surface area contributed by atoms with Crippen LogP contribution in [0.3, 0.4) is 0 Å². The van der Waals surface area contributed by atoms with E-state index in [1.165, 1.54) is 0 Å². The minimum absolute atomic E-state index is 0.131. The van der Waals surface area contributed by atoms with Crippen LogP contribution in [0, 0.1) is 5.92 Å². The lowest BCUT2D eigenvalue weighted by Gasteiger charge is -2.28. The molecule has 0 radical (unpaired) electrons. The topological polar surface area (TPSA) is 47.6 Å². The molecule has 2 rings (SSSR count). The minimum Gasteiger partial charge on any atom is -0.493 e. The molecule has 2 aromatic carbocycles. The van der Waals surface area contributed by atoms with Gasteiger partial charge in [0.15, 0.2) is 0 Å². The van der Waals surface area contributed by atoms with Crippen LogP contribution in [-0.4, -0.2) is 25.2 Å². The Kier molecular flexibility index (Phi) is 5.84. The quantitative estimate of drug-likeness (QED) is 0.806.